The van der Waals surface area contributed by atoms with Crippen LogP contribution >= 0.6 is 0 Å². The molecule has 121 valence electrons. The van der Waals surface area contributed by atoms with Gasteiger partial charge in [-0.2, -0.15) is 0 Å². The summed E-state index contributed by atoms with van der Waals surface area (Å²) in [6.07, 6.45) is 15.8. The number of carbonyl (C=O) groups excluding carboxylic acids is 1. The van der Waals surface area contributed by atoms with Gasteiger partial charge in [0.1, 0.15) is 6.04 Å². The number of esters is 1. The van der Waals surface area contributed by atoms with E-state index in [9.17, 15) is 4.79 Å². The van der Waals surface area contributed by atoms with E-state index in [0.29, 0.717) is 6.61 Å². The van der Waals surface area contributed by atoms with Crippen LogP contribution in [0.15, 0.2) is 0 Å². The fraction of sp³-hybridized carbons (Fsp3) is 0.941. The maximum absolute atomic E-state index is 11.1. The van der Waals surface area contributed by atoms with Crippen LogP contribution in [0.3, 0.4) is 0 Å². The molecule has 0 aromatic heterocycles. The van der Waals surface area contributed by atoms with E-state index in [1.807, 2.05) is 0 Å². The molecular formula is C17H35NNaO2. The van der Waals surface area contributed by atoms with E-state index in [-0.39, 0.29) is 35.5 Å². The summed E-state index contributed by atoms with van der Waals surface area (Å²) >= 11 is 0. The number of ether oxygens (including phenoxy) is 1. The maximum atomic E-state index is 11.1. The summed E-state index contributed by atoms with van der Waals surface area (Å²) in [5.74, 6) is -0.284. The van der Waals surface area contributed by atoms with Crippen molar-refractivity contribution in [3.8, 4) is 0 Å². The van der Waals surface area contributed by atoms with Crippen LogP contribution in [0.2, 0.25) is 0 Å². The van der Waals surface area contributed by atoms with Gasteiger partial charge in [0.15, 0.2) is 0 Å². The second-order valence-corrected chi connectivity index (χ2v) is 5.85. The van der Waals surface area contributed by atoms with Gasteiger partial charge in [-0.1, -0.05) is 77.6 Å². The van der Waals surface area contributed by atoms with Crippen molar-refractivity contribution in [2.75, 3.05) is 6.61 Å². The van der Waals surface area contributed by atoms with Gasteiger partial charge >= 0.3 is 5.97 Å². The predicted molar refractivity (Wildman–Crippen MR) is 91.4 cm³/mol. The van der Waals surface area contributed by atoms with E-state index in [1.54, 1.807) is 6.92 Å². The smallest absolute Gasteiger partial charge is 0.322 e. The molecule has 0 aliphatic heterocycles. The molecule has 0 fully saturated rings. The summed E-state index contributed by atoms with van der Waals surface area (Å²) in [7, 11) is 0. The Hall–Kier alpha value is 0.430. The minimum atomic E-state index is -0.493. The molecule has 1 atom stereocenters. The Labute approximate surface area is 154 Å². The van der Waals surface area contributed by atoms with Crippen LogP contribution in [0, 0.1) is 0 Å². The van der Waals surface area contributed by atoms with Crippen molar-refractivity contribution >= 4 is 35.5 Å². The molecule has 0 bridgehead atoms. The van der Waals surface area contributed by atoms with Crippen LogP contribution in [-0.4, -0.2) is 48.2 Å². The first kappa shape index (κ1) is 23.7. The molecule has 1 radical (unpaired) electrons. The molecule has 0 aromatic rings. The Kier molecular flexibility index (Phi) is 20.8. The van der Waals surface area contributed by atoms with Crippen molar-refractivity contribution in [2.45, 2.75) is 96.9 Å². The van der Waals surface area contributed by atoms with Crippen molar-refractivity contribution < 1.29 is 9.53 Å². The summed E-state index contributed by atoms with van der Waals surface area (Å²) < 4.78 is 5.03. The molecule has 4 heteroatoms. The van der Waals surface area contributed by atoms with Crippen LogP contribution in [0.5, 0.6) is 0 Å². The summed E-state index contributed by atoms with van der Waals surface area (Å²) in [6.45, 7) is 4.44. The van der Waals surface area contributed by atoms with Crippen molar-refractivity contribution in [1.29, 1.82) is 0 Å². The minimum Gasteiger partial charge on any atom is -0.465 e. The predicted octanol–water partition coefficient (Wildman–Crippen LogP) is 4.20. The fourth-order valence-electron chi connectivity index (χ4n) is 2.25. The second-order valence-electron chi connectivity index (χ2n) is 5.85. The number of hydrogen-bond donors (Lipinski definition) is 1. The van der Waals surface area contributed by atoms with E-state index < -0.39 is 6.04 Å². The molecule has 3 nitrogen and oxygen atoms in total. The molecular weight excluding hydrogens is 273 g/mol. The van der Waals surface area contributed by atoms with E-state index in [0.717, 1.165) is 12.8 Å². The third kappa shape index (κ3) is 18.4. The molecule has 0 rings (SSSR count). The standard InChI is InChI=1S/C17H35NO2.Na/c1-3-4-5-6-7-8-9-10-11-12-13-14-15-20-17(19)16(2)18;/h16H,3-15,18H2,1-2H3;. The van der Waals surface area contributed by atoms with Gasteiger partial charge in [-0.15, -0.1) is 0 Å². The topological polar surface area (TPSA) is 52.3 Å². The average molecular weight is 308 g/mol. The van der Waals surface area contributed by atoms with Gasteiger partial charge in [0.2, 0.25) is 0 Å². The van der Waals surface area contributed by atoms with E-state index in [4.69, 9.17) is 10.5 Å². The molecule has 0 aliphatic rings. The Morgan fingerprint density at radius 2 is 1.24 bits per heavy atom. The number of carbonyl (C=O) groups is 1. The monoisotopic (exact) mass is 308 g/mol. The first-order valence-electron chi connectivity index (χ1n) is 8.60. The second kappa shape index (κ2) is 18.5. The van der Waals surface area contributed by atoms with Crippen molar-refractivity contribution in [3.05, 3.63) is 0 Å². The Balaban J connectivity index is 0. The first-order valence-corrected chi connectivity index (χ1v) is 8.60. The van der Waals surface area contributed by atoms with Crippen LogP contribution in [0.4, 0.5) is 0 Å². The number of rotatable bonds is 14. The largest absolute Gasteiger partial charge is 0.465 e. The van der Waals surface area contributed by atoms with Crippen LogP contribution in [0.25, 0.3) is 0 Å². The Morgan fingerprint density at radius 1 is 0.857 bits per heavy atom. The van der Waals surface area contributed by atoms with Gasteiger partial charge in [0.25, 0.3) is 0 Å². The third-order valence-electron chi connectivity index (χ3n) is 3.61. The van der Waals surface area contributed by atoms with Crippen LogP contribution in [0.1, 0.15) is 90.9 Å². The zero-order valence-electron chi connectivity index (χ0n) is 14.7. The van der Waals surface area contributed by atoms with Gasteiger partial charge in [-0.3, -0.25) is 4.79 Å². The number of hydrogen-bond acceptors (Lipinski definition) is 3. The van der Waals surface area contributed by atoms with Gasteiger partial charge in [0, 0.05) is 29.6 Å². The molecule has 0 heterocycles. The van der Waals surface area contributed by atoms with E-state index in [2.05, 4.69) is 6.92 Å². The fourth-order valence-corrected chi connectivity index (χ4v) is 2.25. The molecule has 0 aromatic carbocycles. The zero-order valence-corrected chi connectivity index (χ0v) is 16.7. The van der Waals surface area contributed by atoms with Crippen molar-refractivity contribution in [3.63, 3.8) is 0 Å². The minimum absolute atomic E-state index is 0. The Morgan fingerprint density at radius 3 is 1.62 bits per heavy atom. The van der Waals surface area contributed by atoms with Crippen molar-refractivity contribution in [1.82, 2.24) is 0 Å². The summed E-state index contributed by atoms with van der Waals surface area (Å²) in [5, 5.41) is 0. The molecule has 0 spiro atoms. The zero-order chi connectivity index (χ0) is 15.1. The molecule has 0 saturated heterocycles. The molecule has 21 heavy (non-hydrogen) atoms. The molecule has 0 saturated carbocycles. The number of unbranched alkanes of at least 4 members (excludes halogenated alkanes) is 11. The molecule has 1 unspecified atom stereocenters. The van der Waals surface area contributed by atoms with Crippen LogP contribution < -0.4 is 5.73 Å². The van der Waals surface area contributed by atoms with Gasteiger partial charge in [0.05, 0.1) is 6.61 Å². The first-order chi connectivity index (χ1) is 9.68. The molecule has 0 amide bonds. The maximum Gasteiger partial charge on any atom is 0.322 e. The number of nitrogens with two attached hydrogens (primary N) is 1. The molecule has 0 aliphatic carbocycles. The summed E-state index contributed by atoms with van der Waals surface area (Å²) in [5.41, 5.74) is 5.41. The molecule has 2 N–H and O–H groups in total. The van der Waals surface area contributed by atoms with Crippen LogP contribution in [-0.2, 0) is 9.53 Å². The van der Waals surface area contributed by atoms with Gasteiger partial charge < -0.3 is 10.5 Å². The quantitative estimate of drug-likeness (QED) is 0.297. The normalized spacial score (nSPS) is 11.8. The average Bonchev–Trinajstić information content (AvgIpc) is 2.43. The van der Waals surface area contributed by atoms with E-state index in [1.165, 1.54) is 64.2 Å². The summed E-state index contributed by atoms with van der Waals surface area (Å²) in [6, 6.07) is -0.493. The van der Waals surface area contributed by atoms with Gasteiger partial charge in [-0.25, -0.2) is 0 Å². The van der Waals surface area contributed by atoms with Gasteiger partial charge in [-0.05, 0) is 13.3 Å². The summed E-state index contributed by atoms with van der Waals surface area (Å²) in [4.78, 5) is 11.1. The van der Waals surface area contributed by atoms with E-state index >= 15 is 0 Å². The third-order valence-corrected chi connectivity index (χ3v) is 3.61. The van der Waals surface area contributed by atoms with Crippen molar-refractivity contribution in [2.24, 2.45) is 5.73 Å². The Bertz CT molecular complexity index is 223. The SMILES string of the molecule is CCCCCCCCCCCCCCOC(=O)C(C)N.[Na].